The van der Waals surface area contributed by atoms with E-state index in [0.717, 1.165) is 27.7 Å². The maximum absolute atomic E-state index is 13.3. The summed E-state index contributed by atoms with van der Waals surface area (Å²) in [6.45, 7) is 2.81. The number of aromatic nitrogens is 1. The predicted octanol–water partition coefficient (Wildman–Crippen LogP) is 6.89. The maximum atomic E-state index is 13.3. The van der Waals surface area contributed by atoms with Crippen LogP contribution in [-0.2, 0) is 6.54 Å². The number of nitrogens with one attached hydrogen (secondary N) is 2. The van der Waals surface area contributed by atoms with Crippen LogP contribution in [0.15, 0.2) is 77.3 Å². The molecule has 0 aliphatic heterocycles. The van der Waals surface area contributed by atoms with Gasteiger partial charge in [-0.1, -0.05) is 57.6 Å². The van der Waals surface area contributed by atoms with Crippen molar-refractivity contribution in [3.8, 4) is 11.5 Å². The number of halogens is 1. The van der Waals surface area contributed by atoms with Gasteiger partial charge in [-0.15, -0.1) is 0 Å². The van der Waals surface area contributed by atoms with Gasteiger partial charge in [0.25, 0.3) is 5.91 Å². The summed E-state index contributed by atoms with van der Waals surface area (Å²) in [5, 5.41) is 7.00. The van der Waals surface area contributed by atoms with Crippen LogP contribution in [-0.4, -0.2) is 24.6 Å². The van der Waals surface area contributed by atoms with Gasteiger partial charge in [-0.05, 0) is 55.3 Å². The summed E-state index contributed by atoms with van der Waals surface area (Å²) in [5.74, 6) is 1.20. The largest absolute Gasteiger partial charge is 0.497 e. The Labute approximate surface area is 217 Å². The molecule has 180 valence electrons. The van der Waals surface area contributed by atoms with Gasteiger partial charge in [-0.3, -0.25) is 4.79 Å². The molecule has 0 bridgehead atoms. The number of carbonyl (C=O) groups is 1. The average molecular weight is 552 g/mol. The van der Waals surface area contributed by atoms with Crippen LogP contribution < -0.4 is 20.1 Å². The van der Waals surface area contributed by atoms with Gasteiger partial charge in [0.15, 0.2) is 5.13 Å². The first-order valence-electron chi connectivity index (χ1n) is 11.2. The highest BCUT2D eigenvalue weighted by atomic mass is 79.9. The molecular formula is C27H26BrN3O3S. The summed E-state index contributed by atoms with van der Waals surface area (Å²) < 4.78 is 12.0. The van der Waals surface area contributed by atoms with Crippen molar-refractivity contribution in [3.05, 3.63) is 93.5 Å². The van der Waals surface area contributed by atoms with E-state index >= 15 is 0 Å². The number of anilines is 2. The lowest BCUT2D eigenvalue weighted by Crippen LogP contribution is -2.23. The maximum Gasteiger partial charge on any atom is 0.264 e. The van der Waals surface area contributed by atoms with E-state index < -0.39 is 0 Å². The molecule has 0 saturated carbocycles. The van der Waals surface area contributed by atoms with Crippen LogP contribution in [0.25, 0.3) is 5.57 Å². The molecule has 0 saturated heterocycles. The van der Waals surface area contributed by atoms with Gasteiger partial charge in [0.1, 0.15) is 16.4 Å². The molecule has 1 heterocycles. The summed E-state index contributed by atoms with van der Waals surface area (Å²) in [6.07, 6.45) is 10.9. The van der Waals surface area contributed by atoms with Gasteiger partial charge in [-0.25, -0.2) is 4.98 Å². The Morgan fingerprint density at radius 3 is 2.71 bits per heavy atom. The van der Waals surface area contributed by atoms with Gasteiger partial charge in [0.2, 0.25) is 0 Å². The number of rotatable bonds is 9. The zero-order chi connectivity index (χ0) is 24.6. The molecule has 0 spiro atoms. The second-order valence-electron chi connectivity index (χ2n) is 7.65. The minimum atomic E-state index is -0.190. The fourth-order valence-electron chi connectivity index (χ4n) is 3.48. The lowest BCUT2D eigenvalue weighted by molar-refractivity contribution is 0.0954. The van der Waals surface area contributed by atoms with E-state index in [1.165, 1.54) is 11.3 Å². The lowest BCUT2D eigenvalue weighted by atomic mass is 10.1. The number of thiazole rings is 1. The number of hydrogen-bond acceptors (Lipinski definition) is 6. The van der Waals surface area contributed by atoms with Crippen LogP contribution >= 0.6 is 27.3 Å². The van der Waals surface area contributed by atoms with E-state index in [-0.39, 0.29) is 5.91 Å². The molecule has 0 radical (unpaired) electrons. The molecule has 1 aliphatic rings. The summed E-state index contributed by atoms with van der Waals surface area (Å²) >= 11 is 4.78. The van der Waals surface area contributed by atoms with Crippen LogP contribution in [0.2, 0.25) is 0 Å². The number of hydrogen-bond donors (Lipinski definition) is 2. The van der Waals surface area contributed by atoms with Gasteiger partial charge in [0.05, 0.1) is 19.4 Å². The second-order valence-corrected chi connectivity index (χ2v) is 9.56. The fraction of sp³-hybridized carbons (Fsp3) is 0.185. The third-order valence-electron chi connectivity index (χ3n) is 5.12. The van der Waals surface area contributed by atoms with E-state index in [4.69, 9.17) is 14.5 Å². The Kier molecular flexibility index (Phi) is 8.39. The Morgan fingerprint density at radius 2 is 1.94 bits per heavy atom. The van der Waals surface area contributed by atoms with E-state index in [1.54, 1.807) is 7.11 Å². The molecule has 2 aromatic carbocycles. The van der Waals surface area contributed by atoms with Crippen molar-refractivity contribution >= 4 is 49.6 Å². The van der Waals surface area contributed by atoms with Crippen molar-refractivity contribution in [2.45, 2.75) is 19.9 Å². The molecule has 1 aromatic heterocycles. The number of methoxy groups -OCH3 is 1. The molecule has 1 aliphatic carbocycles. The number of benzene rings is 2. The zero-order valence-electron chi connectivity index (χ0n) is 19.5. The Morgan fingerprint density at radius 1 is 1.14 bits per heavy atom. The van der Waals surface area contributed by atoms with E-state index in [0.29, 0.717) is 40.4 Å². The quantitative estimate of drug-likeness (QED) is 0.303. The molecular weight excluding hydrogens is 526 g/mol. The van der Waals surface area contributed by atoms with Gasteiger partial charge in [-0.2, -0.15) is 0 Å². The SMILES string of the molecule is CCOc1cc(CNC(=O)c2sc(Nc3ccc(Br)cc3)nc2C2=CC=CCC=C2)cc(OC)c1. The van der Waals surface area contributed by atoms with Crippen molar-refractivity contribution in [1.29, 1.82) is 0 Å². The van der Waals surface area contributed by atoms with Crippen LogP contribution in [0, 0.1) is 0 Å². The summed E-state index contributed by atoms with van der Waals surface area (Å²) in [4.78, 5) is 18.7. The molecule has 0 unspecified atom stereocenters. The highest BCUT2D eigenvalue weighted by molar-refractivity contribution is 9.10. The highest BCUT2D eigenvalue weighted by Crippen LogP contribution is 2.32. The van der Waals surface area contributed by atoms with E-state index in [9.17, 15) is 4.79 Å². The smallest absolute Gasteiger partial charge is 0.264 e. The minimum Gasteiger partial charge on any atom is -0.497 e. The van der Waals surface area contributed by atoms with Crippen molar-refractivity contribution in [1.82, 2.24) is 10.3 Å². The molecule has 0 atom stereocenters. The van der Waals surface area contributed by atoms with Crippen molar-refractivity contribution in [3.63, 3.8) is 0 Å². The van der Waals surface area contributed by atoms with Crippen LogP contribution in [0.4, 0.5) is 10.8 Å². The Bertz CT molecular complexity index is 1280. The van der Waals surface area contributed by atoms with Crippen LogP contribution in [0.5, 0.6) is 11.5 Å². The lowest BCUT2D eigenvalue weighted by Gasteiger charge is -2.10. The third-order valence-corrected chi connectivity index (χ3v) is 6.62. The summed E-state index contributed by atoms with van der Waals surface area (Å²) in [5.41, 5.74) is 3.32. The fourth-order valence-corrected chi connectivity index (χ4v) is 4.67. The van der Waals surface area contributed by atoms with Crippen molar-refractivity contribution in [2.75, 3.05) is 19.0 Å². The monoisotopic (exact) mass is 551 g/mol. The second kappa shape index (κ2) is 11.9. The normalized spacial score (nSPS) is 12.6. The molecule has 35 heavy (non-hydrogen) atoms. The molecule has 8 heteroatoms. The van der Waals surface area contributed by atoms with Crippen LogP contribution in [0.1, 0.15) is 34.3 Å². The number of allylic oxidation sites excluding steroid dienone is 6. The van der Waals surface area contributed by atoms with Gasteiger partial charge < -0.3 is 20.1 Å². The molecule has 1 amide bonds. The van der Waals surface area contributed by atoms with Gasteiger partial charge in [0, 0.05) is 28.3 Å². The van der Waals surface area contributed by atoms with E-state index in [1.807, 2.05) is 67.6 Å². The average Bonchev–Trinajstić information content (AvgIpc) is 3.09. The molecule has 0 fully saturated rings. The first kappa shape index (κ1) is 24.8. The molecule has 4 rings (SSSR count). The standard InChI is InChI=1S/C27H26BrN3O3S/c1-3-34-23-15-18(14-22(16-23)33-2)17-29-26(32)25-24(19-8-6-4-5-7-9-19)31-27(35-25)30-21-12-10-20(28)11-13-21/h4,6-16H,3,5,17H2,1-2H3,(H,29,32)(H,30,31). The first-order valence-corrected chi connectivity index (χ1v) is 12.8. The number of nitrogens with zero attached hydrogens (tertiary/aromatic N) is 1. The summed E-state index contributed by atoms with van der Waals surface area (Å²) in [6, 6.07) is 13.4. The van der Waals surface area contributed by atoms with Gasteiger partial charge >= 0.3 is 0 Å². The highest BCUT2D eigenvalue weighted by Gasteiger charge is 2.20. The Hall–Kier alpha value is -3.36. The predicted molar refractivity (Wildman–Crippen MR) is 146 cm³/mol. The topological polar surface area (TPSA) is 72.5 Å². The van der Waals surface area contributed by atoms with Crippen molar-refractivity contribution < 1.29 is 14.3 Å². The third kappa shape index (κ3) is 6.61. The number of carbonyl (C=O) groups excluding carboxylic acids is 1. The number of amides is 1. The molecule has 6 nitrogen and oxygen atoms in total. The first-order chi connectivity index (χ1) is 17.1. The summed E-state index contributed by atoms with van der Waals surface area (Å²) in [7, 11) is 1.61. The molecule has 2 N–H and O–H groups in total. The zero-order valence-corrected chi connectivity index (χ0v) is 21.9. The van der Waals surface area contributed by atoms with E-state index in [2.05, 4.69) is 38.7 Å². The minimum absolute atomic E-state index is 0.190. The Balaban J connectivity index is 1.59. The molecule has 3 aromatic rings. The number of ether oxygens (including phenoxy) is 2. The van der Waals surface area contributed by atoms with Crippen molar-refractivity contribution in [2.24, 2.45) is 0 Å². The van der Waals surface area contributed by atoms with Crippen LogP contribution in [0.3, 0.4) is 0 Å².